The SMILES string of the molecule is CC(=O)C1CCCN(c2ccc(C#N)cc2[N+](=O)[O-])C1. The van der Waals surface area contributed by atoms with Crippen molar-refractivity contribution in [3.05, 3.63) is 33.9 Å². The number of nitrogens with zero attached hydrogens (tertiary/aromatic N) is 3. The molecule has 0 saturated carbocycles. The minimum Gasteiger partial charge on any atom is -0.365 e. The van der Waals surface area contributed by atoms with Gasteiger partial charge in [0, 0.05) is 25.1 Å². The topological polar surface area (TPSA) is 87.2 Å². The molecule has 20 heavy (non-hydrogen) atoms. The molecule has 1 fully saturated rings. The van der Waals surface area contributed by atoms with Gasteiger partial charge in [-0.15, -0.1) is 0 Å². The van der Waals surface area contributed by atoms with E-state index in [9.17, 15) is 14.9 Å². The average Bonchev–Trinajstić information content (AvgIpc) is 2.46. The lowest BCUT2D eigenvalue weighted by Crippen LogP contribution is -2.38. The molecular formula is C14H15N3O3. The monoisotopic (exact) mass is 273 g/mol. The molecule has 2 rings (SSSR count). The number of hydrogen-bond donors (Lipinski definition) is 0. The summed E-state index contributed by atoms with van der Waals surface area (Å²) in [6.07, 6.45) is 1.66. The fourth-order valence-corrected chi connectivity index (χ4v) is 2.53. The van der Waals surface area contributed by atoms with E-state index in [4.69, 9.17) is 5.26 Å². The summed E-state index contributed by atoms with van der Waals surface area (Å²) in [6, 6.07) is 6.35. The second-order valence-electron chi connectivity index (χ2n) is 4.97. The number of Topliss-reactive ketones (excluding diaryl/α,β-unsaturated/α-hetero) is 1. The van der Waals surface area contributed by atoms with Gasteiger partial charge >= 0.3 is 0 Å². The number of carbonyl (C=O) groups is 1. The minimum atomic E-state index is -0.479. The van der Waals surface area contributed by atoms with E-state index in [1.54, 1.807) is 19.1 Å². The van der Waals surface area contributed by atoms with Gasteiger partial charge in [-0.3, -0.25) is 14.9 Å². The number of nitro groups is 1. The van der Waals surface area contributed by atoms with Gasteiger partial charge in [0.25, 0.3) is 5.69 Å². The van der Waals surface area contributed by atoms with E-state index in [1.807, 2.05) is 11.0 Å². The maximum atomic E-state index is 11.5. The molecule has 0 N–H and O–H groups in total. The first kappa shape index (κ1) is 14.0. The van der Waals surface area contributed by atoms with Crippen LogP contribution in [0.25, 0.3) is 0 Å². The number of benzene rings is 1. The molecular weight excluding hydrogens is 258 g/mol. The van der Waals surface area contributed by atoms with Crippen LogP contribution >= 0.6 is 0 Å². The molecule has 0 spiro atoms. The molecule has 1 aromatic rings. The third kappa shape index (κ3) is 2.77. The summed E-state index contributed by atoms with van der Waals surface area (Å²) in [5.41, 5.74) is 0.675. The highest BCUT2D eigenvalue weighted by atomic mass is 16.6. The van der Waals surface area contributed by atoms with Crippen LogP contribution in [0.4, 0.5) is 11.4 Å². The lowest BCUT2D eigenvalue weighted by Gasteiger charge is -2.32. The van der Waals surface area contributed by atoms with E-state index in [1.165, 1.54) is 6.07 Å². The van der Waals surface area contributed by atoms with Gasteiger partial charge in [-0.25, -0.2) is 0 Å². The van der Waals surface area contributed by atoms with Gasteiger partial charge < -0.3 is 4.90 Å². The summed E-state index contributed by atoms with van der Waals surface area (Å²) in [5.74, 6) is 0.0463. The standard InChI is InChI=1S/C14H15N3O3/c1-10(18)12-3-2-6-16(9-12)13-5-4-11(8-15)7-14(13)17(19)20/h4-5,7,12H,2-3,6,9H2,1H3. The van der Waals surface area contributed by atoms with Crippen LogP contribution in [0.3, 0.4) is 0 Å². The molecule has 1 aliphatic heterocycles. The van der Waals surface area contributed by atoms with Gasteiger partial charge in [-0.1, -0.05) is 0 Å². The summed E-state index contributed by atoms with van der Waals surface area (Å²) in [6.45, 7) is 2.75. The Balaban J connectivity index is 2.34. The van der Waals surface area contributed by atoms with Crippen LogP contribution in [0.15, 0.2) is 18.2 Å². The number of ketones is 1. The molecule has 6 nitrogen and oxygen atoms in total. The third-order valence-corrected chi connectivity index (χ3v) is 3.64. The number of carbonyl (C=O) groups excluding carboxylic acids is 1. The van der Waals surface area contributed by atoms with E-state index in [2.05, 4.69) is 0 Å². The van der Waals surface area contributed by atoms with Gasteiger partial charge in [-0.05, 0) is 31.9 Å². The first-order valence-electron chi connectivity index (χ1n) is 6.47. The van der Waals surface area contributed by atoms with Crippen molar-refractivity contribution in [1.29, 1.82) is 5.26 Å². The van der Waals surface area contributed by atoms with Crippen molar-refractivity contribution in [3.8, 4) is 6.07 Å². The second-order valence-corrected chi connectivity index (χ2v) is 4.97. The zero-order valence-corrected chi connectivity index (χ0v) is 11.2. The molecule has 1 aliphatic rings. The van der Waals surface area contributed by atoms with E-state index in [-0.39, 0.29) is 23.0 Å². The Morgan fingerprint density at radius 3 is 2.90 bits per heavy atom. The summed E-state index contributed by atoms with van der Waals surface area (Å²) < 4.78 is 0. The van der Waals surface area contributed by atoms with Crippen LogP contribution in [-0.4, -0.2) is 23.8 Å². The van der Waals surface area contributed by atoms with Crippen LogP contribution in [0, 0.1) is 27.4 Å². The van der Waals surface area contributed by atoms with Crippen molar-refractivity contribution in [3.63, 3.8) is 0 Å². The molecule has 1 saturated heterocycles. The highest BCUT2D eigenvalue weighted by molar-refractivity contribution is 5.79. The number of hydrogen-bond acceptors (Lipinski definition) is 5. The first-order valence-corrected chi connectivity index (χ1v) is 6.47. The normalized spacial score (nSPS) is 18.4. The van der Waals surface area contributed by atoms with Crippen molar-refractivity contribution in [2.45, 2.75) is 19.8 Å². The van der Waals surface area contributed by atoms with Crippen LogP contribution < -0.4 is 4.90 Å². The van der Waals surface area contributed by atoms with Gasteiger partial charge in [0.15, 0.2) is 0 Å². The van der Waals surface area contributed by atoms with Crippen LogP contribution in [0.5, 0.6) is 0 Å². The molecule has 0 aromatic heterocycles. The van der Waals surface area contributed by atoms with Gasteiger partial charge in [0.2, 0.25) is 0 Å². The summed E-state index contributed by atoms with van der Waals surface area (Å²) in [5, 5.41) is 20.0. The molecule has 0 radical (unpaired) electrons. The van der Waals surface area contributed by atoms with E-state index >= 15 is 0 Å². The van der Waals surface area contributed by atoms with E-state index < -0.39 is 4.92 Å². The predicted octanol–water partition coefficient (Wildman–Crippen LogP) is 2.27. The molecule has 1 aromatic carbocycles. The largest absolute Gasteiger partial charge is 0.365 e. The smallest absolute Gasteiger partial charge is 0.293 e. The van der Waals surface area contributed by atoms with Crippen molar-refractivity contribution >= 4 is 17.2 Å². The second kappa shape index (κ2) is 5.70. The molecule has 6 heteroatoms. The molecule has 0 amide bonds. The van der Waals surface area contributed by atoms with Gasteiger partial charge in [0.1, 0.15) is 11.5 Å². The number of piperidine rings is 1. The number of anilines is 1. The first-order chi connectivity index (χ1) is 9.52. The van der Waals surface area contributed by atoms with Crippen molar-refractivity contribution in [2.75, 3.05) is 18.0 Å². The Labute approximate surface area is 116 Å². The van der Waals surface area contributed by atoms with Gasteiger partial charge in [-0.2, -0.15) is 5.26 Å². The minimum absolute atomic E-state index is 0.0704. The maximum absolute atomic E-state index is 11.5. The molecule has 1 heterocycles. The Morgan fingerprint density at radius 2 is 2.30 bits per heavy atom. The van der Waals surface area contributed by atoms with Crippen LogP contribution in [-0.2, 0) is 4.79 Å². The highest BCUT2D eigenvalue weighted by Crippen LogP contribution is 2.32. The van der Waals surface area contributed by atoms with Crippen LogP contribution in [0.1, 0.15) is 25.3 Å². The summed E-state index contributed by atoms with van der Waals surface area (Å²) in [4.78, 5) is 24.0. The molecule has 0 bridgehead atoms. The number of nitro benzene ring substituents is 1. The van der Waals surface area contributed by atoms with Crippen molar-refractivity contribution in [2.24, 2.45) is 5.92 Å². The summed E-state index contributed by atoms with van der Waals surface area (Å²) >= 11 is 0. The predicted molar refractivity (Wildman–Crippen MR) is 73.4 cm³/mol. The highest BCUT2D eigenvalue weighted by Gasteiger charge is 2.27. The van der Waals surface area contributed by atoms with E-state index in [0.29, 0.717) is 18.8 Å². The Bertz CT molecular complexity index is 592. The fraction of sp³-hybridized carbons (Fsp3) is 0.429. The quantitative estimate of drug-likeness (QED) is 0.622. The zero-order valence-electron chi connectivity index (χ0n) is 11.2. The Kier molecular flexibility index (Phi) is 3.99. The molecule has 104 valence electrons. The fourth-order valence-electron chi connectivity index (χ4n) is 2.53. The van der Waals surface area contributed by atoms with Crippen molar-refractivity contribution in [1.82, 2.24) is 0 Å². The van der Waals surface area contributed by atoms with Gasteiger partial charge in [0.05, 0.1) is 16.6 Å². The maximum Gasteiger partial charge on any atom is 0.293 e. The van der Waals surface area contributed by atoms with E-state index in [0.717, 1.165) is 12.8 Å². The summed E-state index contributed by atoms with van der Waals surface area (Å²) in [7, 11) is 0. The number of nitriles is 1. The molecule has 1 atom stereocenters. The lowest BCUT2D eigenvalue weighted by atomic mass is 9.94. The molecule has 1 unspecified atom stereocenters. The van der Waals surface area contributed by atoms with Crippen LogP contribution in [0.2, 0.25) is 0 Å². The average molecular weight is 273 g/mol. The van der Waals surface area contributed by atoms with Crippen molar-refractivity contribution < 1.29 is 9.72 Å². The lowest BCUT2D eigenvalue weighted by molar-refractivity contribution is -0.384. The Morgan fingerprint density at radius 1 is 1.55 bits per heavy atom. The third-order valence-electron chi connectivity index (χ3n) is 3.64. The molecule has 0 aliphatic carbocycles. The Hall–Kier alpha value is -2.42. The number of rotatable bonds is 3. The zero-order chi connectivity index (χ0) is 14.7.